The minimum Gasteiger partial charge on any atom is -0.309 e. The van der Waals surface area contributed by atoms with Crippen LogP contribution in [0, 0.1) is 11.6 Å². The van der Waals surface area contributed by atoms with E-state index >= 15 is 0 Å². The molecule has 1 fully saturated rings. The molecule has 0 amide bonds. The first-order valence-corrected chi connectivity index (χ1v) is 8.52. The van der Waals surface area contributed by atoms with Gasteiger partial charge in [0.15, 0.2) is 0 Å². The van der Waals surface area contributed by atoms with Crippen LogP contribution in [-0.4, -0.2) is 17.5 Å². The van der Waals surface area contributed by atoms with Gasteiger partial charge in [0, 0.05) is 23.4 Å². The van der Waals surface area contributed by atoms with Crippen molar-refractivity contribution < 1.29 is 8.78 Å². The van der Waals surface area contributed by atoms with Crippen molar-refractivity contribution in [3.05, 3.63) is 35.4 Å². The number of halogens is 2. The van der Waals surface area contributed by atoms with Crippen LogP contribution in [0.25, 0.3) is 0 Å². The van der Waals surface area contributed by atoms with E-state index in [1.807, 2.05) is 18.7 Å². The molecular formula is C16H23F2NS. The second-order valence-corrected chi connectivity index (χ2v) is 7.03. The Morgan fingerprint density at radius 3 is 2.30 bits per heavy atom. The zero-order chi connectivity index (χ0) is 14.6. The lowest BCUT2D eigenvalue weighted by molar-refractivity contribution is 0.367. The molecule has 1 N–H and O–H groups in total. The number of nitrogens with one attached hydrogen (secondary N) is 1. The number of thioether (sulfide) groups is 1. The molecule has 1 aliphatic carbocycles. The molecule has 0 radical (unpaired) electrons. The van der Waals surface area contributed by atoms with E-state index in [0.29, 0.717) is 10.3 Å². The fraction of sp³-hybridized carbons (Fsp3) is 0.625. The standard InChI is InChI=1S/C16H23F2NS/c1-12(13-8-14(17)10-15(18)9-13)19-11-16(20-2)6-4-3-5-7-16/h8-10,12,19H,3-7,11H2,1-2H3. The van der Waals surface area contributed by atoms with Crippen molar-refractivity contribution in [2.75, 3.05) is 12.8 Å². The van der Waals surface area contributed by atoms with Gasteiger partial charge in [-0.15, -0.1) is 0 Å². The molecule has 2 rings (SSSR count). The van der Waals surface area contributed by atoms with E-state index in [9.17, 15) is 8.78 Å². The van der Waals surface area contributed by atoms with E-state index in [4.69, 9.17) is 0 Å². The summed E-state index contributed by atoms with van der Waals surface area (Å²) in [6.45, 7) is 2.86. The van der Waals surface area contributed by atoms with Gasteiger partial charge in [-0.05, 0) is 43.7 Å². The van der Waals surface area contributed by atoms with Crippen LogP contribution in [0.3, 0.4) is 0 Å². The highest BCUT2D eigenvalue weighted by molar-refractivity contribution is 8.00. The van der Waals surface area contributed by atoms with E-state index in [1.165, 1.54) is 44.2 Å². The Hall–Kier alpha value is -0.610. The zero-order valence-electron chi connectivity index (χ0n) is 12.2. The lowest BCUT2D eigenvalue weighted by atomic mass is 9.88. The Morgan fingerprint density at radius 2 is 1.75 bits per heavy atom. The van der Waals surface area contributed by atoms with Crippen LogP contribution in [0.5, 0.6) is 0 Å². The van der Waals surface area contributed by atoms with Gasteiger partial charge in [0.25, 0.3) is 0 Å². The average molecular weight is 299 g/mol. The third-order valence-electron chi connectivity index (χ3n) is 4.31. The molecule has 0 aromatic heterocycles. The lowest BCUT2D eigenvalue weighted by Crippen LogP contribution is -2.40. The minimum atomic E-state index is -0.508. The smallest absolute Gasteiger partial charge is 0.126 e. The molecule has 1 atom stereocenters. The molecule has 1 unspecified atom stereocenters. The normalized spacial score (nSPS) is 19.8. The monoisotopic (exact) mass is 299 g/mol. The molecule has 20 heavy (non-hydrogen) atoms. The first-order chi connectivity index (χ1) is 9.54. The molecule has 1 saturated carbocycles. The maximum absolute atomic E-state index is 13.3. The summed E-state index contributed by atoms with van der Waals surface area (Å²) in [6, 6.07) is 3.70. The number of benzene rings is 1. The molecule has 0 saturated heterocycles. The van der Waals surface area contributed by atoms with E-state index in [0.717, 1.165) is 12.6 Å². The Kier molecular flexibility index (Phi) is 5.44. The van der Waals surface area contributed by atoms with Crippen molar-refractivity contribution in [2.24, 2.45) is 0 Å². The van der Waals surface area contributed by atoms with Crippen LogP contribution in [0.15, 0.2) is 18.2 Å². The summed E-state index contributed by atoms with van der Waals surface area (Å²) < 4.78 is 26.8. The highest BCUT2D eigenvalue weighted by Crippen LogP contribution is 2.38. The molecule has 0 heterocycles. The molecule has 1 aliphatic rings. The van der Waals surface area contributed by atoms with E-state index < -0.39 is 11.6 Å². The van der Waals surface area contributed by atoms with Crippen LogP contribution in [-0.2, 0) is 0 Å². The Labute approximate surface area is 124 Å². The third kappa shape index (κ3) is 3.95. The molecule has 1 aromatic rings. The molecule has 4 heteroatoms. The van der Waals surface area contributed by atoms with Gasteiger partial charge in [-0.3, -0.25) is 0 Å². The molecule has 1 aromatic carbocycles. The summed E-state index contributed by atoms with van der Waals surface area (Å²) >= 11 is 1.93. The highest BCUT2D eigenvalue weighted by atomic mass is 32.2. The van der Waals surface area contributed by atoms with Gasteiger partial charge in [0.1, 0.15) is 11.6 Å². The van der Waals surface area contributed by atoms with E-state index in [2.05, 4.69) is 11.6 Å². The second-order valence-electron chi connectivity index (χ2n) is 5.75. The summed E-state index contributed by atoms with van der Waals surface area (Å²) in [5, 5.41) is 3.46. The van der Waals surface area contributed by atoms with Crippen LogP contribution in [0.4, 0.5) is 8.78 Å². The quantitative estimate of drug-likeness (QED) is 0.847. The lowest BCUT2D eigenvalue weighted by Gasteiger charge is -2.37. The van der Waals surface area contributed by atoms with Gasteiger partial charge in [-0.1, -0.05) is 19.3 Å². The summed E-state index contributed by atoms with van der Waals surface area (Å²) in [4.78, 5) is 0. The fourth-order valence-electron chi connectivity index (χ4n) is 2.93. The minimum absolute atomic E-state index is 0.0360. The molecule has 0 aliphatic heterocycles. The summed E-state index contributed by atoms with van der Waals surface area (Å²) in [7, 11) is 0. The summed E-state index contributed by atoms with van der Waals surface area (Å²) in [5.74, 6) is -1.02. The van der Waals surface area contributed by atoms with Gasteiger partial charge >= 0.3 is 0 Å². The van der Waals surface area contributed by atoms with E-state index in [-0.39, 0.29) is 6.04 Å². The highest BCUT2D eigenvalue weighted by Gasteiger charge is 2.31. The summed E-state index contributed by atoms with van der Waals surface area (Å²) in [6.07, 6.45) is 8.51. The van der Waals surface area contributed by atoms with Crippen molar-refractivity contribution >= 4 is 11.8 Å². The molecule has 0 spiro atoms. The topological polar surface area (TPSA) is 12.0 Å². The van der Waals surface area contributed by atoms with Gasteiger partial charge in [0.2, 0.25) is 0 Å². The first kappa shape index (κ1) is 15.8. The average Bonchev–Trinajstić information content (AvgIpc) is 2.45. The van der Waals surface area contributed by atoms with Gasteiger partial charge in [-0.25, -0.2) is 8.78 Å². The Bertz CT molecular complexity index is 424. The maximum Gasteiger partial charge on any atom is 0.126 e. The van der Waals surface area contributed by atoms with Crippen molar-refractivity contribution in [3.63, 3.8) is 0 Å². The van der Waals surface area contributed by atoms with Gasteiger partial charge < -0.3 is 5.32 Å². The molecule has 112 valence electrons. The maximum atomic E-state index is 13.3. The van der Waals surface area contributed by atoms with Crippen LogP contribution >= 0.6 is 11.8 Å². The summed E-state index contributed by atoms with van der Waals surface area (Å²) in [5.41, 5.74) is 0.676. The number of hydrogen-bond donors (Lipinski definition) is 1. The second kappa shape index (κ2) is 6.90. The SMILES string of the molecule is CSC1(CNC(C)c2cc(F)cc(F)c2)CCCCC1. The van der Waals surface area contributed by atoms with Crippen LogP contribution < -0.4 is 5.32 Å². The first-order valence-electron chi connectivity index (χ1n) is 7.29. The molecule has 0 bridgehead atoms. The van der Waals surface area contributed by atoms with Crippen LogP contribution in [0.1, 0.15) is 50.6 Å². The number of hydrogen-bond acceptors (Lipinski definition) is 2. The largest absolute Gasteiger partial charge is 0.309 e. The Balaban J connectivity index is 1.98. The predicted molar refractivity (Wildman–Crippen MR) is 82.1 cm³/mol. The van der Waals surface area contributed by atoms with Crippen molar-refractivity contribution in [2.45, 2.75) is 49.8 Å². The predicted octanol–water partition coefficient (Wildman–Crippen LogP) is 4.68. The fourth-order valence-corrected chi connectivity index (χ4v) is 3.86. The third-order valence-corrected chi connectivity index (χ3v) is 5.73. The van der Waals surface area contributed by atoms with Gasteiger partial charge in [0.05, 0.1) is 0 Å². The van der Waals surface area contributed by atoms with Crippen LogP contribution in [0.2, 0.25) is 0 Å². The number of rotatable bonds is 5. The van der Waals surface area contributed by atoms with Crippen molar-refractivity contribution in [3.8, 4) is 0 Å². The molecular weight excluding hydrogens is 276 g/mol. The van der Waals surface area contributed by atoms with Crippen molar-refractivity contribution in [1.82, 2.24) is 5.32 Å². The zero-order valence-corrected chi connectivity index (χ0v) is 13.0. The van der Waals surface area contributed by atoms with Crippen molar-refractivity contribution in [1.29, 1.82) is 0 Å². The van der Waals surface area contributed by atoms with Gasteiger partial charge in [-0.2, -0.15) is 11.8 Å². The molecule has 1 nitrogen and oxygen atoms in total. The van der Waals surface area contributed by atoms with E-state index in [1.54, 1.807) is 0 Å². The Morgan fingerprint density at radius 1 is 1.15 bits per heavy atom.